The van der Waals surface area contributed by atoms with Crippen molar-refractivity contribution in [1.82, 2.24) is 0 Å². The molecular formula is C18H32O. The molecule has 0 aromatic carbocycles. The van der Waals surface area contributed by atoms with Crippen molar-refractivity contribution in [2.75, 3.05) is 0 Å². The number of rotatable bonds is 12. The van der Waals surface area contributed by atoms with E-state index in [2.05, 4.69) is 19.9 Å². The smallest absolute Gasteiger partial charge is 0.152 e. The molecule has 0 heterocycles. The van der Waals surface area contributed by atoms with Crippen molar-refractivity contribution < 1.29 is 4.79 Å². The summed E-state index contributed by atoms with van der Waals surface area (Å²) in [5, 5.41) is 0. The molecule has 0 saturated heterocycles. The maximum Gasteiger partial charge on any atom is 0.152 e. The van der Waals surface area contributed by atoms with Gasteiger partial charge in [-0.05, 0) is 38.7 Å². The molecule has 0 unspecified atom stereocenters. The normalized spacial score (nSPS) is 10.9. The number of hydrogen-bond acceptors (Lipinski definition) is 1. The monoisotopic (exact) mass is 264 g/mol. The molecule has 0 fully saturated rings. The van der Waals surface area contributed by atoms with Gasteiger partial charge in [-0.2, -0.15) is 0 Å². The number of unbranched alkanes of at least 4 members (excludes halogenated alkanes) is 6. The molecule has 0 aliphatic carbocycles. The van der Waals surface area contributed by atoms with Gasteiger partial charge in [-0.25, -0.2) is 0 Å². The maximum absolute atomic E-state index is 10.9. The molecule has 0 amide bonds. The van der Waals surface area contributed by atoms with Crippen molar-refractivity contribution in [2.24, 2.45) is 0 Å². The Bertz CT molecular complexity index is 259. The number of carbonyl (C=O) groups excluding carboxylic acids is 1. The zero-order valence-electron chi connectivity index (χ0n) is 13.2. The zero-order chi connectivity index (χ0) is 14.3. The van der Waals surface area contributed by atoms with E-state index in [4.69, 9.17) is 0 Å². The number of ketones is 1. The van der Waals surface area contributed by atoms with Crippen LogP contribution in [0.25, 0.3) is 0 Å². The fourth-order valence-electron chi connectivity index (χ4n) is 2.17. The lowest BCUT2D eigenvalue weighted by molar-refractivity contribution is -0.112. The summed E-state index contributed by atoms with van der Waals surface area (Å²) in [6.07, 6.45) is 18.7. The Labute approximate surface area is 120 Å². The molecule has 0 aromatic rings. The molecule has 0 bridgehead atoms. The first-order chi connectivity index (χ1) is 9.20. The van der Waals surface area contributed by atoms with E-state index in [1.807, 2.05) is 6.08 Å². The molecule has 0 N–H and O–H groups in total. The van der Waals surface area contributed by atoms with Crippen LogP contribution in [0.2, 0.25) is 0 Å². The molecular weight excluding hydrogens is 232 g/mol. The van der Waals surface area contributed by atoms with Crippen LogP contribution in [0.15, 0.2) is 23.8 Å². The fourth-order valence-corrected chi connectivity index (χ4v) is 2.17. The molecule has 0 aliphatic heterocycles. The lowest BCUT2D eigenvalue weighted by atomic mass is 10.00. The van der Waals surface area contributed by atoms with Gasteiger partial charge in [-0.3, -0.25) is 4.79 Å². The van der Waals surface area contributed by atoms with Gasteiger partial charge in [0.25, 0.3) is 0 Å². The number of carbonyl (C=O) groups is 1. The summed E-state index contributed by atoms with van der Waals surface area (Å²) in [7, 11) is 0. The van der Waals surface area contributed by atoms with Crippen LogP contribution in [-0.2, 0) is 4.79 Å². The van der Waals surface area contributed by atoms with Gasteiger partial charge in [0.2, 0.25) is 0 Å². The molecule has 1 nitrogen and oxygen atoms in total. The first-order valence-electron chi connectivity index (χ1n) is 8.07. The molecule has 0 aliphatic rings. The first kappa shape index (κ1) is 18.1. The quantitative estimate of drug-likeness (QED) is 0.240. The molecule has 0 rings (SSSR count). The van der Waals surface area contributed by atoms with Crippen LogP contribution in [0.5, 0.6) is 0 Å². The second kappa shape index (κ2) is 13.6. The minimum atomic E-state index is 0.132. The van der Waals surface area contributed by atoms with Crippen molar-refractivity contribution in [2.45, 2.75) is 85.0 Å². The van der Waals surface area contributed by atoms with Crippen molar-refractivity contribution in [3.63, 3.8) is 0 Å². The highest BCUT2D eigenvalue weighted by atomic mass is 16.1. The van der Waals surface area contributed by atoms with Crippen LogP contribution in [0.3, 0.4) is 0 Å². The van der Waals surface area contributed by atoms with Crippen LogP contribution < -0.4 is 0 Å². The van der Waals surface area contributed by atoms with Gasteiger partial charge in [-0.1, -0.05) is 70.1 Å². The summed E-state index contributed by atoms with van der Waals surface area (Å²) >= 11 is 0. The highest BCUT2D eigenvalue weighted by Crippen LogP contribution is 2.17. The Morgan fingerprint density at radius 2 is 1.37 bits per heavy atom. The van der Waals surface area contributed by atoms with Crippen LogP contribution >= 0.6 is 0 Å². The fraction of sp³-hybridized carbons (Fsp3) is 0.722. The zero-order valence-corrected chi connectivity index (χ0v) is 13.2. The molecule has 0 aromatic heterocycles. The summed E-state index contributed by atoms with van der Waals surface area (Å²) in [4.78, 5) is 10.9. The molecule has 0 radical (unpaired) electrons. The SMILES string of the molecule is CCCCCCC(=C/C=C\C(C)=O)CCCCCC. The van der Waals surface area contributed by atoms with Gasteiger partial charge in [0.1, 0.15) is 0 Å². The Hall–Kier alpha value is -0.850. The van der Waals surface area contributed by atoms with Gasteiger partial charge in [0.05, 0.1) is 0 Å². The van der Waals surface area contributed by atoms with E-state index in [1.54, 1.807) is 13.0 Å². The Morgan fingerprint density at radius 1 is 0.842 bits per heavy atom. The van der Waals surface area contributed by atoms with E-state index in [0.717, 1.165) is 0 Å². The third kappa shape index (κ3) is 13.4. The summed E-state index contributed by atoms with van der Waals surface area (Å²) < 4.78 is 0. The van der Waals surface area contributed by atoms with Crippen LogP contribution in [0.1, 0.15) is 85.0 Å². The number of hydrogen-bond donors (Lipinski definition) is 0. The Balaban J connectivity index is 4.09. The first-order valence-corrected chi connectivity index (χ1v) is 8.07. The van der Waals surface area contributed by atoms with E-state index in [1.165, 1.54) is 69.8 Å². The van der Waals surface area contributed by atoms with Crippen molar-refractivity contribution >= 4 is 5.78 Å². The van der Waals surface area contributed by atoms with Crippen LogP contribution in [-0.4, -0.2) is 5.78 Å². The van der Waals surface area contributed by atoms with Crippen LogP contribution in [0, 0.1) is 0 Å². The third-order valence-corrected chi connectivity index (χ3v) is 3.37. The summed E-state index contributed by atoms with van der Waals surface area (Å²) in [5.41, 5.74) is 1.52. The van der Waals surface area contributed by atoms with E-state index in [9.17, 15) is 4.79 Å². The maximum atomic E-state index is 10.9. The number of allylic oxidation sites excluding steroid dienone is 4. The van der Waals surface area contributed by atoms with E-state index >= 15 is 0 Å². The minimum Gasteiger partial charge on any atom is -0.295 e. The van der Waals surface area contributed by atoms with E-state index in [0.29, 0.717) is 0 Å². The standard InChI is InChI=1S/C18H32O/c1-4-6-8-10-14-18(15-11-9-7-5-2)16-12-13-17(3)19/h12-13,16H,4-11,14-15H2,1-3H3/b13-12-. The van der Waals surface area contributed by atoms with Crippen molar-refractivity contribution in [1.29, 1.82) is 0 Å². The summed E-state index contributed by atoms with van der Waals surface area (Å²) in [5.74, 6) is 0.132. The topological polar surface area (TPSA) is 17.1 Å². The molecule has 0 spiro atoms. The summed E-state index contributed by atoms with van der Waals surface area (Å²) in [6.45, 7) is 6.10. The lowest BCUT2D eigenvalue weighted by Crippen LogP contribution is -1.87. The highest BCUT2D eigenvalue weighted by Gasteiger charge is 1.98. The third-order valence-electron chi connectivity index (χ3n) is 3.37. The molecule has 19 heavy (non-hydrogen) atoms. The largest absolute Gasteiger partial charge is 0.295 e. The van der Waals surface area contributed by atoms with Gasteiger partial charge in [-0.15, -0.1) is 0 Å². The summed E-state index contributed by atoms with van der Waals surface area (Å²) in [6, 6.07) is 0. The van der Waals surface area contributed by atoms with Gasteiger partial charge in [0.15, 0.2) is 5.78 Å². The van der Waals surface area contributed by atoms with E-state index < -0.39 is 0 Å². The van der Waals surface area contributed by atoms with Gasteiger partial charge in [0, 0.05) is 0 Å². The second-order valence-electron chi connectivity index (χ2n) is 5.42. The van der Waals surface area contributed by atoms with E-state index in [-0.39, 0.29) is 5.78 Å². The lowest BCUT2D eigenvalue weighted by Gasteiger charge is -2.06. The Morgan fingerprint density at radius 3 is 1.79 bits per heavy atom. The van der Waals surface area contributed by atoms with Crippen molar-refractivity contribution in [3.05, 3.63) is 23.8 Å². The average molecular weight is 264 g/mol. The van der Waals surface area contributed by atoms with Crippen LogP contribution in [0.4, 0.5) is 0 Å². The predicted molar refractivity (Wildman–Crippen MR) is 85.4 cm³/mol. The van der Waals surface area contributed by atoms with Gasteiger partial charge >= 0.3 is 0 Å². The second-order valence-corrected chi connectivity index (χ2v) is 5.42. The van der Waals surface area contributed by atoms with Crippen molar-refractivity contribution in [3.8, 4) is 0 Å². The van der Waals surface area contributed by atoms with Gasteiger partial charge < -0.3 is 0 Å². The molecule has 110 valence electrons. The Kier molecular flexibility index (Phi) is 13.0. The molecule has 0 saturated carbocycles. The molecule has 1 heteroatoms. The predicted octanol–water partition coefficient (Wildman–Crippen LogP) is 6.00. The highest BCUT2D eigenvalue weighted by molar-refractivity contribution is 5.87. The average Bonchev–Trinajstić information content (AvgIpc) is 2.38. The molecule has 0 atom stereocenters. The minimum absolute atomic E-state index is 0.132.